The van der Waals surface area contributed by atoms with Crippen LogP contribution in [0.3, 0.4) is 0 Å². The van der Waals surface area contributed by atoms with Crippen molar-refractivity contribution in [2.75, 3.05) is 41.4 Å². The monoisotopic (exact) mass is 269 g/mol. The molecule has 0 aliphatic heterocycles. The van der Waals surface area contributed by atoms with Gasteiger partial charge in [0.1, 0.15) is 13.2 Å². The van der Waals surface area contributed by atoms with Crippen molar-refractivity contribution in [2.45, 2.75) is 0 Å². The first-order valence-corrected chi connectivity index (χ1v) is 5.96. The molecule has 0 saturated carbocycles. The Kier molecular flexibility index (Phi) is 8.85. The van der Waals surface area contributed by atoms with Crippen LogP contribution in [-0.2, 0) is 24.1 Å². The Balaban J connectivity index is 0. The third kappa shape index (κ3) is 21.0. The van der Waals surface area contributed by atoms with E-state index < -0.39 is 10.4 Å². The molecule has 0 aromatic rings. The molecule has 0 unspecified atom stereocenters. The number of nitrogens with zero attached hydrogens (tertiary/aromatic N) is 1. The van der Waals surface area contributed by atoms with Gasteiger partial charge in [0.2, 0.25) is 10.4 Å². The first kappa shape index (κ1) is 18.4. The number of hydrogen-bond acceptors (Lipinski definition) is 6. The van der Waals surface area contributed by atoms with Crippen LogP contribution in [0.15, 0.2) is 12.7 Å². The zero-order chi connectivity index (χ0) is 14.1. The average Bonchev–Trinajstić information content (AvgIpc) is 2.15. The van der Waals surface area contributed by atoms with Gasteiger partial charge in [-0.3, -0.25) is 4.18 Å². The van der Waals surface area contributed by atoms with E-state index >= 15 is 0 Å². The van der Waals surface area contributed by atoms with E-state index in [1.807, 2.05) is 21.1 Å². The largest absolute Gasteiger partial charge is 0.726 e. The van der Waals surface area contributed by atoms with Crippen LogP contribution < -0.4 is 0 Å². The summed E-state index contributed by atoms with van der Waals surface area (Å²) in [5.41, 5.74) is 0. The second-order valence-corrected chi connectivity index (χ2v) is 5.11. The van der Waals surface area contributed by atoms with E-state index in [4.69, 9.17) is 4.74 Å². The third-order valence-electron chi connectivity index (χ3n) is 1.38. The number of esters is 1. The molecule has 0 aromatic carbocycles. The molecule has 0 N–H and O–H groups in total. The summed E-state index contributed by atoms with van der Waals surface area (Å²) in [6.45, 7) is 4.57. The highest BCUT2D eigenvalue weighted by Crippen LogP contribution is 1.89. The molecule has 0 aromatic heterocycles. The molecule has 0 aliphatic rings. The van der Waals surface area contributed by atoms with Gasteiger partial charge in [-0.15, -0.1) is 0 Å². The van der Waals surface area contributed by atoms with Crippen molar-refractivity contribution in [3.8, 4) is 0 Å². The van der Waals surface area contributed by atoms with Crippen molar-refractivity contribution in [1.29, 1.82) is 0 Å². The van der Waals surface area contributed by atoms with E-state index in [0.29, 0.717) is 6.61 Å². The zero-order valence-corrected chi connectivity index (χ0v) is 11.3. The van der Waals surface area contributed by atoms with E-state index in [9.17, 15) is 17.8 Å². The molecule has 0 aliphatic carbocycles. The smallest absolute Gasteiger partial charge is 0.330 e. The predicted octanol–water partition coefficient (Wildman–Crippen LogP) is -0.485. The van der Waals surface area contributed by atoms with Crippen molar-refractivity contribution in [3.63, 3.8) is 0 Å². The minimum atomic E-state index is -4.41. The van der Waals surface area contributed by atoms with Crippen LogP contribution in [0, 0.1) is 0 Å². The minimum absolute atomic E-state index is 0.349. The fourth-order valence-corrected chi connectivity index (χ4v) is 0.479. The molecule has 0 rings (SSSR count). The fraction of sp³-hybridized carbons (Fsp3) is 0.667. The Morgan fingerprint density at radius 1 is 1.41 bits per heavy atom. The maximum Gasteiger partial charge on any atom is 0.330 e. The average molecular weight is 269 g/mol. The second kappa shape index (κ2) is 8.18. The zero-order valence-electron chi connectivity index (χ0n) is 10.5. The van der Waals surface area contributed by atoms with Crippen molar-refractivity contribution < 1.29 is 31.2 Å². The molecule has 0 radical (unpaired) electrons. The Morgan fingerprint density at radius 3 is 2.06 bits per heavy atom. The van der Waals surface area contributed by atoms with Gasteiger partial charge < -0.3 is 13.8 Å². The number of rotatable bonds is 5. The van der Waals surface area contributed by atoms with Gasteiger partial charge in [0.25, 0.3) is 0 Å². The summed E-state index contributed by atoms with van der Waals surface area (Å²) < 4.78 is 36.6. The van der Waals surface area contributed by atoms with Crippen molar-refractivity contribution in [2.24, 2.45) is 0 Å². The Bertz CT molecular complexity index is 330. The maximum absolute atomic E-state index is 10.6. The SMILES string of the molecule is C=CC(=O)OCC[N+](C)(C)C.COS(=O)(=O)[O-]. The third-order valence-corrected chi connectivity index (χ3v) is 1.79. The van der Waals surface area contributed by atoms with E-state index in [1.165, 1.54) is 6.08 Å². The van der Waals surface area contributed by atoms with Gasteiger partial charge in [-0.05, 0) is 0 Å². The Morgan fingerprint density at radius 2 is 1.82 bits per heavy atom. The van der Waals surface area contributed by atoms with Gasteiger partial charge in [0.15, 0.2) is 0 Å². The summed E-state index contributed by atoms with van der Waals surface area (Å²) in [5, 5.41) is 0. The topological polar surface area (TPSA) is 92.7 Å². The van der Waals surface area contributed by atoms with Crippen LogP contribution in [0.2, 0.25) is 0 Å². The molecule has 0 bridgehead atoms. The van der Waals surface area contributed by atoms with E-state index in [2.05, 4.69) is 10.8 Å². The lowest BCUT2D eigenvalue weighted by Crippen LogP contribution is -2.37. The van der Waals surface area contributed by atoms with Crippen LogP contribution in [0.4, 0.5) is 0 Å². The number of likely N-dealkylation sites (N-methyl/N-ethyl adjacent to an activating group) is 1. The van der Waals surface area contributed by atoms with Crippen molar-refractivity contribution in [1.82, 2.24) is 0 Å². The summed E-state index contributed by atoms with van der Waals surface area (Å²) >= 11 is 0. The number of carbonyl (C=O) groups excluding carboxylic acids is 1. The normalized spacial score (nSPS) is 11.1. The van der Waals surface area contributed by atoms with Gasteiger partial charge in [0, 0.05) is 6.08 Å². The predicted molar refractivity (Wildman–Crippen MR) is 60.8 cm³/mol. The molecular formula is C9H19NO6S. The maximum atomic E-state index is 10.6. The highest BCUT2D eigenvalue weighted by molar-refractivity contribution is 7.80. The lowest BCUT2D eigenvalue weighted by Gasteiger charge is -2.23. The van der Waals surface area contributed by atoms with Gasteiger partial charge >= 0.3 is 5.97 Å². The van der Waals surface area contributed by atoms with Gasteiger partial charge in [-0.25, -0.2) is 13.2 Å². The lowest BCUT2D eigenvalue weighted by atomic mass is 10.5. The summed E-state index contributed by atoms with van der Waals surface area (Å²) in [7, 11) is 2.53. The number of carbonyl (C=O) groups is 1. The Labute approximate surface area is 102 Å². The highest BCUT2D eigenvalue weighted by Gasteiger charge is 2.06. The molecule has 0 fully saturated rings. The van der Waals surface area contributed by atoms with Crippen molar-refractivity contribution >= 4 is 16.4 Å². The van der Waals surface area contributed by atoms with E-state index in [-0.39, 0.29) is 5.97 Å². The fourth-order valence-electron chi connectivity index (χ4n) is 0.479. The minimum Gasteiger partial charge on any atom is -0.726 e. The molecule has 17 heavy (non-hydrogen) atoms. The van der Waals surface area contributed by atoms with Gasteiger partial charge in [-0.2, -0.15) is 0 Å². The molecular weight excluding hydrogens is 250 g/mol. The molecule has 0 amide bonds. The summed E-state index contributed by atoms with van der Waals surface area (Å²) in [4.78, 5) is 10.6. The van der Waals surface area contributed by atoms with Crippen molar-refractivity contribution in [3.05, 3.63) is 12.7 Å². The number of hydrogen-bond donors (Lipinski definition) is 0. The molecule has 102 valence electrons. The molecule has 0 spiro atoms. The van der Waals surface area contributed by atoms with E-state index in [0.717, 1.165) is 18.1 Å². The molecule has 0 atom stereocenters. The number of quaternary nitrogens is 1. The summed E-state index contributed by atoms with van der Waals surface area (Å²) in [6, 6.07) is 0. The van der Waals surface area contributed by atoms with Crippen LogP contribution in [0.25, 0.3) is 0 Å². The van der Waals surface area contributed by atoms with Gasteiger partial charge in [-0.1, -0.05) is 6.58 Å². The van der Waals surface area contributed by atoms with Crippen LogP contribution >= 0.6 is 0 Å². The van der Waals surface area contributed by atoms with Crippen LogP contribution in [-0.4, -0.2) is 64.8 Å². The van der Waals surface area contributed by atoms with Gasteiger partial charge in [0.05, 0.1) is 28.3 Å². The van der Waals surface area contributed by atoms with E-state index in [1.54, 1.807) is 0 Å². The molecule has 7 nitrogen and oxygen atoms in total. The number of ether oxygens (including phenoxy) is 1. The Hall–Kier alpha value is -0.960. The summed E-state index contributed by atoms with van der Waals surface area (Å²) in [5.74, 6) is -0.349. The molecule has 8 heteroatoms. The molecule has 0 heterocycles. The lowest BCUT2D eigenvalue weighted by molar-refractivity contribution is -0.870. The second-order valence-electron chi connectivity index (χ2n) is 3.96. The first-order chi connectivity index (χ1) is 7.52. The highest BCUT2D eigenvalue weighted by atomic mass is 32.3. The van der Waals surface area contributed by atoms with Crippen LogP contribution in [0.1, 0.15) is 0 Å². The first-order valence-electron chi connectivity index (χ1n) is 4.63. The standard InChI is InChI=1S/C8H16NO2.CH4O4S/c1-5-8(10)11-7-6-9(2,3)4;1-5-6(2,3)4/h5H,1,6-7H2,2-4H3;1H3,(H,2,3,4)/q+1;/p-1. The quantitative estimate of drug-likeness (QED) is 0.220. The molecule has 0 saturated heterocycles. The van der Waals surface area contributed by atoms with Crippen LogP contribution in [0.5, 0.6) is 0 Å². The summed E-state index contributed by atoms with van der Waals surface area (Å²) in [6.07, 6.45) is 1.18.